The van der Waals surface area contributed by atoms with Crippen molar-refractivity contribution < 1.29 is 0 Å². The molecule has 0 aromatic heterocycles. The van der Waals surface area contributed by atoms with Crippen molar-refractivity contribution in [2.75, 3.05) is 19.6 Å². The highest BCUT2D eigenvalue weighted by molar-refractivity contribution is 5.85. The first-order valence-corrected chi connectivity index (χ1v) is 4.68. The fourth-order valence-corrected chi connectivity index (χ4v) is 1.24. The third-order valence-corrected chi connectivity index (χ3v) is 1.73. The summed E-state index contributed by atoms with van der Waals surface area (Å²) < 4.78 is 0. The topological polar surface area (TPSA) is 3.24 Å². The predicted molar refractivity (Wildman–Crippen MR) is 59.1 cm³/mol. The number of rotatable bonds is 7. The van der Waals surface area contributed by atoms with Crippen molar-refractivity contribution in [2.24, 2.45) is 0 Å². The first kappa shape index (κ1) is 14.5. The third kappa shape index (κ3) is 8.09. The molecule has 0 fully saturated rings. The largest absolute Gasteiger partial charge is 0.303 e. The molecule has 0 saturated carbocycles. The average molecular weight is 192 g/mol. The monoisotopic (exact) mass is 191 g/mol. The van der Waals surface area contributed by atoms with Gasteiger partial charge in [-0.25, -0.2) is 0 Å². The van der Waals surface area contributed by atoms with Crippen LogP contribution in [0.1, 0.15) is 33.1 Å². The summed E-state index contributed by atoms with van der Waals surface area (Å²) >= 11 is 0. The SMILES string of the molecule is C=CCCN(CCC)CCC.Cl. The minimum absolute atomic E-state index is 0. The van der Waals surface area contributed by atoms with E-state index in [0.717, 1.165) is 6.42 Å². The molecule has 74 valence electrons. The molecule has 0 heterocycles. The highest BCUT2D eigenvalue weighted by Crippen LogP contribution is 1.95. The van der Waals surface area contributed by atoms with Crippen LogP contribution in [-0.2, 0) is 0 Å². The van der Waals surface area contributed by atoms with E-state index >= 15 is 0 Å². The molecule has 0 saturated heterocycles. The summed E-state index contributed by atoms with van der Waals surface area (Å²) in [5, 5.41) is 0. The van der Waals surface area contributed by atoms with Crippen molar-refractivity contribution in [2.45, 2.75) is 33.1 Å². The van der Waals surface area contributed by atoms with E-state index < -0.39 is 0 Å². The van der Waals surface area contributed by atoms with Gasteiger partial charge in [0.1, 0.15) is 0 Å². The quantitative estimate of drug-likeness (QED) is 0.559. The summed E-state index contributed by atoms with van der Waals surface area (Å²) in [5.74, 6) is 0. The van der Waals surface area contributed by atoms with Crippen LogP contribution in [0.25, 0.3) is 0 Å². The zero-order valence-electron chi connectivity index (χ0n) is 8.38. The molecule has 0 aliphatic heterocycles. The van der Waals surface area contributed by atoms with Gasteiger partial charge in [-0.1, -0.05) is 19.9 Å². The van der Waals surface area contributed by atoms with Crippen LogP contribution in [0.4, 0.5) is 0 Å². The maximum absolute atomic E-state index is 3.73. The van der Waals surface area contributed by atoms with E-state index in [9.17, 15) is 0 Å². The summed E-state index contributed by atoms with van der Waals surface area (Å²) in [6.07, 6.45) is 5.65. The Kier molecular flexibility index (Phi) is 13.3. The van der Waals surface area contributed by atoms with Crippen LogP contribution in [0.5, 0.6) is 0 Å². The zero-order valence-corrected chi connectivity index (χ0v) is 9.20. The normalized spacial score (nSPS) is 9.58. The lowest BCUT2D eigenvalue weighted by atomic mass is 10.3. The van der Waals surface area contributed by atoms with Crippen LogP contribution >= 0.6 is 12.4 Å². The first-order chi connectivity index (χ1) is 5.35. The Labute approximate surface area is 83.2 Å². The first-order valence-electron chi connectivity index (χ1n) is 4.68. The average Bonchev–Trinajstić information content (AvgIpc) is 2.01. The lowest BCUT2D eigenvalue weighted by Gasteiger charge is -2.19. The molecule has 12 heavy (non-hydrogen) atoms. The lowest BCUT2D eigenvalue weighted by molar-refractivity contribution is 0.280. The summed E-state index contributed by atoms with van der Waals surface area (Å²) in [7, 11) is 0. The van der Waals surface area contributed by atoms with Gasteiger partial charge in [0.05, 0.1) is 0 Å². The van der Waals surface area contributed by atoms with Gasteiger partial charge in [0.25, 0.3) is 0 Å². The molecule has 1 nitrogen and oxygen atoms in total. The zero-order chi connectivity index (χ0) is 8.53. The Morgan fingerprint density at radius 3 is 1.92 bits per heavy atom. The van der Waals surface area contributed by atoms with Gasteiger partial charge in [-0.2, -0.15) is 0 Å². The molecule has 0 N–H and O–H groups in total. The van der Waals surface area contributed by atoms with Gasteiger partial charge in [0.15, 0.2) is 0 Å². The maximum atomic E-state index is 3.73. The van der Waals surface area contributed by atoms with Gasteiger partial charge >= 0.3 is 0 Å². The summed E-state index contributed by atoms with van der Waals surface area (Å²) in [6.45, 7) is 11.9. The van der Waals surface area contributed by atoms with Gasteiger partial charge < -0.3 is 4.90 Å². The maximum Gasteiger partial charge on any atom is 0.00158 e. The van der Waals surface area contributed by atoms with Crippen molar-refractivity contribution in [3.8, 4) is 0 Å². The Bertz CT molecular complexity index is 87.8. The van der Waals surface area contributed by atoms with E-state index in [0.29, 0.717) is 0 Å². The second-order valence-corrected chi connectivity index (χ2v) is 2.92. The van der Waals surface area contributed by atoms with Gasteiger partial charge in [-0.05, 0) is 32.4 Å². The van der Waals surface area contributed by atoms with E-state index in [1.807, 2.05) is 6.08 Å². The fraction of sp³-hybridized carbons (Fsp3) is 0.800. The molecular formula is C10H22ClN. The smallest absolute Gasteiger partial charge is 0.00158 e. The van der Waals surface area contributed by atoms with E-state index in [1.54, 1.807) is 0 Å². The summed E-state index contributed by atoms with van der Waals surface area (Å²) in [4.78, 5) is 2.50. The van der Waals surface area contributed by atoms with Crippen molar-refractivity contribution in [1.29, 1.82) is 0 Å². The van der Waals surface area contributed by atoms with E-state index in [-0.39, 0.29) is 12.4 Å². The molecule has 0 unspecified atom stereocenters. The molecule has 0 radical (unpaired) electrons. The van der Waals surface area contributed by atoms with Crippen molar-refractivity contribution in [3.05, 3.63) is 12.7 Å². The van der Waals surface area contributed by atoms with Crippen LogP contribution in [0.15, 0.2) is 12.7 Å². The Balaban J connectivity index is 0. The Hall–Kier alpha value is -0.0100. The molecule has 2 heteroatoms. The van der Waals surface area contributed by atoms with Crippen LogP contribution in [0.3, 0.4) is 0 Å². The lowest BCUT2D eigenvalue weighted by Crippen LogP contribution is -2.26. The molecule has 0 atom stereocenters. The second-order valence-electron chi connectivity index (χ2n) is 2.92. The van der Waals surface area contributed by atoms with Crippen LogP contribution in [0.2, 0.25) is 0 Å². The van der Waals surface area contributed by atoms with E-state index in [4.69, 9.17) is 0 Å². The highest BCUT2D eigenvalue weighted by atomic mass is 35.5. The van der Waals surface area contributed by atoms with E-state index in [2.05, 4.69) is 25.3 Å². The molecule has 0 aromatic rings. The summed E-state index contributed by atoms with van der Waals surface area (Å²) in [6, 6.07) is 0. The molecule has 0 aromatic carbocycles. The molecule has 0 bridgehead atoms. The van der Waals surface area contributed by atoms with Gasteiger partial charge in [-0.3, -0.25) is 0 Å². The fourth-order valence-electron chi connectivity index (χ4n) is 1.24. The number of hydrogen-bond acceptors (Lipinski definition) is 1. The molecule has 0 aliphatic rings. The standard InChI is InChI=1S/C10H21N.ClH/c1-4-7-10-11(8-5-2)9-6-3;/h4H,1,5-10H2,2-3H3;1H. The summed E-state index contributed by atoms with van der Waals surface area (Å²) in [5.41, 5.74) is 0. The van der Waals surface area contributed by atoms with Crippen molar-refractivity contribution >= 4 is 12.4 Å². The molecular weight excluding hydrogens is 170 g/mol. The van der Waals surface area contributed by atoms with Crippen LogP contribution in [-0.4, -0.2) is 24.5 Å². The van der Waals surface area contributed by atoms with E-state index in [1.165, 1.54) is 32.5 Å². The minimum Gasteiger partial charge on any atom is -0.303 e. The number of halogens is 1. The second kappa shape index (κ2) is 11.0. The molecule has 0 aliphatic carbocycles. The van der Waals surface area contributed by atoms with Crippen LogP contribution in [0, 0.1) is 0 Å². The third-order valence-electron chi connectivity index (χ3n) is 1.73. The molecule has 0 rings (SSSR count). The van der Waals surface area contributed by atoms with Crippen LogP contribution < -0.4 is 0 Å². The van der Waals surface area contributed by atoms with Gasteiger partial charge in [-0.15, -0.1) is 19.0 Å². The number of hydrogen-bond donors (Lipinski definition) is 0. The van der Waals surface area contributed by atoms with Crippen molar-refractivity contribution in [3.63, 3.8) is 0 Å². The van der Waals surface area contributed by atoms with Gasteiger partial charge in [0, 0.05) is 6.54 Å². The molecule has 0 amide bonds. The van der Waals surface area contributed by atoms with Crippen molar-refractivity contribution in [1.82, 2.24) is 4.90 Å². The van der Waals surface area contributed by atoms with Gasteiger partial charge in [0.2, 0.25) is 0 Å². The highest BCUT2D eigenvalue weighted by Gasteiger charge is 1.98. The Morgan fingerprint density at radius 2 is 1.58 bits per heavy atom. The predicted octanol–water partition coefficient (Wildman–Crippen LogP) is 3.11. The molecule has 0 spiro atoms. The Morgan fingerprint density at radius 1 is 1.08 bits per heavy atom. The number of nitrogens with zero attached hydrogens (tertiary/aromatic N) is 1. The minimum atomic E-state index is 0.